The fraction of sp³-hybridized carbons (Fsp3) is 0.0455. The molecule has 0 fully saturated rings. The fourth-order valence-electron chi connectivity index (χ4n) is 2.61. The highest BCUT2D eigenvalue weighted by Crippen LogP contribution is 2.23. The van der Waals surface area contributed by atoms with E-state index in [4.69, 9.17) is 9.15 Å². The second-order valence-corrected chi connectivity index (χ2v) is 7.10. The molecule has 4 aromatic rings. The van der Waals surface area contributed by atoms with Gasteiger partial charge in [-0.25, -0.2) is 4.98 Å². The Balaban J connectivity index is 1.29. The van der Waals surface area contributed by atoms with E-state index in [2.05, 4.69) is 15.6 Å². The SMILES string of the molecule is O=C(Cc1csc(NC(=O)c2ccco2)n1)Nc1ccc(Oc2ccccc2)cc1. The summed E-state index contributed by atoms with van der Waals surface area (Å²) in [6.07, 6.45) is 1.52. The van der Waals surface area contributed by atoms with Gasteiger partial charge in [-0.15, -0.1) is 11.3 Å². The molecule has 0 spiro atoms. The first kappa shape index (κ1) is 19.4. The van der Waals surface area contributed by atoms with Gasteiger partial charge in [0.2, 0.25) is 5.91 Å². The standard InChI is InChI=1S/C22H17N3O4S/c26-20(13-16-14-30-22(24-16)25-21(27)19-7-4-12-28-19)23-15-8-10-18(11-9-15)29-17-5-2-1-3-6-17/h1-12,14H,13H2,(H,23,26)(H,24,25,27). The van der Waals surface area contributed by atoms with Crippen LogP contribution in [0.5, 0.6) is 11.5 Å². The van der Waals surface area contributed by atoms with Gasteiger partial charge in [0.05, 0.1) is 18.4 Å². The van der Waals surface area contributed by atoms with Gasteiger partial charge in [-0.2, -0.15) is 0 Å². The summed E-state index contributed by atoms with van der Waals surface area (Å²) < 4.78 is 10.8. The van der Waals surface area contributed by atoms with E-state index in [0.29, 0.717) is 22.3 Å². The first-order valence-corrected chi connectivity index (χ1v) is 9.96. The van der Waals surface area contributed by atoms with E-state index in [0.717, 1.165) is 5.75 Å². The van der Waals surface area contributed by atoms with Crippen molar-refractivity contribution in [3.8, 4) is 11.5 Å². The fourth-order valence-corrected chi connectivity index (χ4v) is 3.32. The molecule has 0 bridgehead atoms. The third kappa shape index (κ3) is 5.12. The number of amides is 2. The molecule has 4 rings (SSSR count). The van der Waals surface area contributed by atoms with Crippen LogP contribution in [0, 0.1) is 0 Å². The van der Waals surface area contributed by atoms with Crippen LogP contribution in [0.2, 0.25) is 0 Å². The molecule has 0 atom stereocenters. The van der Waals surface area contributed by atoms with Gasteiger partial charge >= 0.3 is 0 Å². The Morgan fingerprint density at radius 2 is 1.70 bits per heavy atom. The van der Waals surface area contributed by atoms with Crippen molar-refractivity contribution in [3.05, 3.63) is 89.8 Å². The van der Waals surface area contributed by atoms with Crippen LogP contribution in [0.4, 0.5) is 10.8 Å². The highest BCUT2D eigenvalue weighted by molar-refractivity contribution is 7.14. The summed E-state index contributed by atoms with van der Waals surface area (Å²) in [4.78, 5) is 28.5. The quantitative estimate of drug-likeness (QED) is 0.441. The summed E-state index contributed by atoms with van der Waals surface area (Å²) in [5.41, 5.74) is 1.22. The lowest BCUT2D eigenvalue weighted by atomic mass is 10.2. The molecule has 0 aliphatic heterocycles. The number of furan rings is 1. The first-order chi connectivity index (χ1) is 14.7. The number of nitrogens with one attached hydrogen (secondary N) is 2. The number of hydrogen-bond donors (Lipinski definition) is 2. The van der Waals surface area contributed by atoms with E-state index in [1.54, 1.807) is 41.8 Å². The molecule has 0 unspecified atom stereocenters. The molecule has 7 nitrogen and oxygen atoms in total. The zero-order valence-electron chi connectivity index (χ0n) is 15.7. The number of carbonyl (C=O) groups excluding carboxylic acids is 2. The first-order valence-electron chi connectivity index (χ1n) is 9.08. The van der Waals surface area contributed by atoms with Crippen LogP contribution in [0.1, 0.15) is 16.2 Å². The number of thiazole rings is 1. The Labute approximate surface area is 176 Å². The summed E-state index contributed by atoms with van der Waals surface area (Å²) in [6, 6.07) is 19.8. The maximum Gasteiger partial charge on any atom is 0.293 e. The van der Waals surface area contributed by atoms with Gasteiger partial charge in [0.25, 0.3) is 5.91 Å². The molecule has 150 valence electrons. The summed E-state index contributed by atoms with van der Waals surface area (Å²) in [7, 11) is 0. The predicted molar refractivity (Wildman–Crippen MR) is 114 cm³/mol. The molecule has 0 aliphatic rings. The lowest BCUT2D eigenvalue weighted by molar-refractivity contribution is -0.115. The number of benzene rings is 2. The van der Waals surface area contributed by atoms with Crippen LogP contribution < -0.4 is 15.4 Å². The van der Waals surface area contributed by atoms with Crippen molar-refractivity contribution in [1.82, 2.24) is 4.98 Å². The lowest BCUT2D eigenvalue weighted by Crippen LogP contribution is -2.15. The molecule has 0 saturated carbocycles. The second kappa shape index (κ2) is 9.06. The van der Waals surface area contributed by atoms with Gasteiger partial charge in [-0.1, -0.05) is 18.2 Å². The van der Waals surface area contributed by atoms with Crippen LogP contribution in [0.15, 0.2) is 82.8 Å². The molecule has 0 aliphatic carbocycles. The molecule has 2 amide bonds. The number of para-hydroxylation sites is 1. The van der Waals surface area contributed by atoms with Crippen molar-refractivity contribution < 1.29 is 18.7 Å². The van der Waals surface area contributed by atoms with Crippen LogP contribution in [0.25, 0.3) is 0 Å². The summed E-state index contributed by atoms with van der Waals surface area (Å²) in [5, 5.41) is 7.60. The third-order valence-corrected chi connectivity index (χ3v) is 4.78. The van der Waals surface area contributed by atoms with E-state index in [1.165, 1.54) is 17.6 Å². The van der Waals surface area contributed by atoms with Crippen molar-refractivity contribution in [2.24, 2.45) is 0 Å². The molecule has 2 aromatic heterocycles. The molecule has 8 heteroatoms. The summed E-state index contributed by atoms with van der Waals surface area (Å²) in [5.74, 6) is 1.02. The molecule has 2 aromatic carbocycles. The number of carbonyl (C=O) groups is 2. The monoisotopic (exact) mass is 419 g/mol. The van der Waals surface area contributed by atoms with Gasteiger partial charge < -0.3 is 14.5 Å². The third-order valence-electron chi connectivity index (χ3n) is 3.98. The van der Waals surface area contributed by atoms with Gasteiger partial charge in [0.1, 0.15) is 11.5 Å². The molecule has 30 heavy (non-hydrogen) atoms. The zero-order chi connectivity index (χ0) is 20.8. The molecule has 2 N–H and O–H groups in total. The number of ether oxygens (including phenoxy) is 1. The minimum atomic E-state index is -0.386. The van der Waals surface area contributed by atoms with Crippen molar-refractivity contribution >= 4 is 34.0 Å². The van der Waals surface area contributed by atoms with Crippen LogP contribution in [-0.4, -0.2) is 16.8 Å². The van der Waals surface area contributed by atoms with E-state index in [1.807, 2.05) is 30.3 Å². The molecular formula is C22H17N3O4S. The van der Waals surface area contributed by atoms with Gasteiger partial charge in [-0.05, 0) is 48.5 Å². The van der Waals surface area contributed by atoms with Gasteiger partial charge in [0, 0.05) is 11.1 Å². The Morgan fingerprint density at radius 3 is 2.43 bits per heavy atom. The van der Waals surface area contributed by atoms with Crippen LogP contribution in [0.3, 0.4) is 0 Å². The van der Waals surface area contributed by atoms with Crippen LogP contribution >= 0.6 is 11.3 Å². The van der Waals surface area contributed by atoms with E-state index < -0.39 is 0 Å². The minimum absolute atomic E-state index is 0.0926. The maximum atomic E-state index is 12.3. The average Bonchev–Trinajstić information content (AvgIpc) is 3.43. The lowest BCUT2D eigenvalue weighted by Gasteiger charge is -2.07. The van der Waals surface area contributed by atoms with Crippen molar-refractivity contribution in [2.45, 2.75) is 6.42 Å². The minimum Gasteiger partial charge on any atom is -0.459 e. The van der Waals surface area contributed by atoms with E-state index in [9.17, 15) is 9.59 Å². The predicted octanol–water partition coefficient (Wildman–Crippen LogP) is 4.96. The number of aromatic nitrogens is 1. The Hall–Kier alpha value is -3.91. The van der Waals surface area contributed by atoms with Gasteiger partial charge in [0.15, 0.2) is 10.9 Å². The number of rotatable bonds is 7. The van der Waals surface area contributed by atoms with Crippen molar-refractivity contribution in [3.63, 3.8) is 0 Å². The average molecular weight is 419 g/mol. The normalized spacial score (nSPS) is 10.4. The maximum absolute atomic E-state index is 12.3. The molecule has 0 radical (unpaired) electrons. The number of nitrogens with zero attached hydrogens (tertiary/aromatic N) is 1. The highest BCUT2D eigenvalue weighted by Gasteiger charge is 2.13. The number of anilines is 2. The molecular weight excluding hydrogens is 402 g/mol. The second-order valence-electron chi connectivity index (χ2n) is 6.24. The van der Waals surface area contributed by atoms with Crippen LogP contribution in [-0.2, 0) is 11.2 Å². The smallest absolute Gasteiger partial charge is 0.293 e. The van der Waals surface area contributed by atoms with E-state index in [-0.39, 0.29) is 24.0 Å². The summed E-state index contributed by atoms with van der Waals surface area (Å²) >= 11 is 1.25. The van der Waals surface area contributed by atoms with Crippen molar-refractivity contribution in [1.29, 1.82) is 0 Å². The van der Waals surface area contributed by atoms with Crippen molar-refractivity contribution in [2.75, 3.05) is 10.6 Å². The van der Waals surface area contributed by atoms with Gasteiger partial charge in [-0.3, -0.25) is 14.9 Å². The Kier molecular flexibility index (Phi) is 5.86. The number of hydrogen-bond acceptors (Lipinski definition) is 6. The Bertz CT molecular complexity index is 1120. The Morgan fingerprint density at radius 1 is 0.933 bits per heavy atom. The highest BCUT2D eigenvalue weighted by atomic mass is 32.1. The van der Waals surface area contributed by atoms with E-state index >= 15 is 0 Å². The molecule has 0 saturated heterocycles. The largest absolute Gasteiger partial charge is 0.459 e. The zero-order valence-corrected chi connectivity index (χ0v) is 16.5. The summed E-state index contributed by atoms with van der Waals surface area (Å²) in [6.45, 7) is 0. The topological polar surface area (TPSA) is 93.5 Å². The molecule has 2 heterocycles.